The molecule has 168 valence electrons. The van der Waals surface area contributed by atoms with Crippen LogP contribution in [0.1, 0.15) is 29.8 Å². The fourth-order valence-corrected chi connectivity index (χ4v) is 4.78. The van der Waals surface area contributed by atoms with Crippen molar-refractivity contribution in [1.29, 1.82) is 0 Å². The largest absolute Gasteiger partial charge is 0.497 e. The highest BCUT2D eigenvalue weighted by atomic mass is 32.1. The summed E-state index contributed by atoms with van der Waals surface area (Å²) >= 11 is 1.34. The van der Waals surface area contributed by atoms with Gasteiger partial charge in [0.1, 0.15) is 11.6 Å². The molecule has 1 fully saturated rings. The van der Waals surface area contributed by atoms with E-state index >= 15 is 0 Å². The van der Waals surface area contributed by atoms with E-state index < -0.39 is 0 Å². The van der Waals surface area contributed by atoms with Crippen molar-refractivity contribution in [3.05, 3.63) is 71.5 Å². The van der Waals surface area contributed by atoms with Crippen LogP contribution >= 0.6 is 11.5 Å². The van der Waals surface area contributed by atoms with E-state index in [0.29, 0.717) is 18.9 Å². The number of hydrogen-bond acceptors (Lipinski definition) is 6. The van der Waals surface area contributed by atoms with E-state index in [1.54, 1.807) is 7.11 Å². The Morgan fingerprint density at radius 2 is 1.88 bits per heavy atom. The third kappa shape index (κ3) is 5.85. The number of likely N-dealkylation sites (tertiary alicyclic amines) is 1. The maximum absolute atomic E-state index is 12.8. The number of ether oxygens (including phenoxy) is 1. The second-order valence-corrected chi connectivity index (χ2v) is 9.12. The van der Waals surface area contributed by atoms with Gasteiger partial charge in [-0.25, -0.2) is 4.98 Å². The van der Waals surface area contributed by atoms with Crippen molar-refractivity contribution in [1.82, 2.24) is 14.3 Å². The number of carbonyl (C=O) groups excluding carboxylic acids is 1. The van der Waals surface area contributed by atoms with Crippen LogP contribution in [0.15, 0.2) is 54.6 Å². The lowest BCUT2D eigenvalue weighted by molar-refractivity contribution is -0.131. The molecule has 4 rings (SSSR count). The first kappa shape index (κ1) is 22.3. The summed E-state index contributed by atoms with van der Waals surface area (Å²) in [4.78, 5) is 21.4. The van der Waals surface area contributed by atoms with Crippen molar-refractivity contribution in [3.63, 3.8) is 0 Å². The molecule has 0 unspecified atom stereocenters. The number of rotatable bonds is 8. The zero-order valence-electron chi connectivity index (χ0n) is 18.7. The van der Waals surface area contributed by atoms with E-state index in [9.17, 15) is 4.79 Å². The molecule has 0 N–H and O–H groups in total. The van der Waals surface area contributed by atoms with Gasteiger partial charge in [-0.3, -0.25) is 4.79 Å². The number of likely N-dealkylation sites (N-methyl/N-ethyl adjacent to an activating group) is 1. The molecule has 3 aromatic rings. The standard InChI is InChI=1S/C25H30N4O2S/c1-28(25-26-23(27-32-25)17-21-9-6-10-22(16-21)31-2)18-24(30)29-13-11-20(12-14-29)15-19-7-4-3-5-8-19/h3-10,16,20H,11-15,17-18H2,1-2H3. The molecule has 1 aliphatic heterocycles. The molecule has 1 amide bonds. The molecule has 6 nitrogen and oxygen atoms in total. The van der Waals surface area contributed by atoms with Crippen LogP contribution in [0.2, 0.25) is 0 Å². The SMILES string of the molecule is COc1cccc(Cc2nsc(N(C)CC(=O)N3CCC(Cc4ccccc4)CC3)n2)c1. The lowest BCUT2D eigenvalue weighted by atomic mass is 9.90. The average Bonchev–Trinajstić information content (AvgIpc) is 3.29. The molecule has 1 saturated heterocycles. The number of methoxy groups -OCH3 is 1. The quantitative estimate of drug-likeness (QED) is 0.518. The monoisotopic (exact) mass is 450 g/mol. The number of carbonyl (C=O) groups is 1. The predicted octanol–water partition coefficient (Wildman–Crippen LogP) is 4.06. The Balaban J connectivity index is 1.26. The summed E-state index contributed by atoms with van der Waals surface area (Å²) < 4.78 is 9.77. The summed E-state index contributed by atoms with van der Waals surface area (Å²) in [5.74, 6) is 2.41. The van der Waals surface area contributed by atoms with Gasteiger partial charge in [0.05, 0.1) is 13.7 Å². The molecular weight excluding hydrogens is 420 g/mol. The number of piperidine rings is 1. The van der Waals surface area contributed by atoms with Gasteiger partial charge in [0.15, 0.2) is 0 Å². The summed E-state index contributed by atoms with van der Waals surface area (Å²) in [6.45, 7) is 2.00. The van der Waals surface area contributed by atoms with E-state index in [-0.39, 0.29) is 5.91 Å². The number of aromatic nitrogens is 2. The summed E-state index contributed by atoms with van der Waals surface area (Å²) in [5.41, 5.74) is 2.49. The Morgan fingerprint density at radius 3 is 2.62 bits per heavy atom. The summed E-state index contributed by atoms with van der Waals surface area (Å²) in [6, 6.07) is 18.6. The van der Waals surface area contributed by atoms with E-state index in [1.807, 2.05) is 41.1 Å². The fraction of sp³-hybridized carbons (Fsp3) is 0.400. The topological polar surface area (TPSA) is 58.6 Å². The molecule has 0 atom stereocenters. The molecule has 2 heterocycles. The molecule has 1 aliphatic rings. The second kappa shape index (κ2) is 10.6. The van der Waals surface area contributed by atoms with Crippen molar-refractivity contribution >= 4 is 22.6 Å². The second-order valence-electron chi connectivity index (χ2n) is 8.39. The Labute approximate surface area is 194 Å². The third-order valence-corrected chi connectivity index (χ3v) is 6.86. The van der Waals surface area contributed by atoms with Gasteiger partial charge in [0.2, 0.25) is 11.0 Å². The first-order valence-corrected chi connectivity index (χ1v) is 11.9. The van der Waals surface area contributed by atoms with Gasteiger partial charge >= 0.3 is 0 Å². The van der Waals surface area contributed by atoms with Gasteiger partial charge in [0.25, 0.3) is 0 Å². The van der Waals surface area contributed by atoms with E-state index in [0.717, 1.165) is 54.6 Å². The van der Waals surface area contributed by atoms with Crippen LogP contribution < -0.4 is 9.64 Å². The summed E-state index contributed by atoms with van der Waals surface area (Å²) in [6.07, 6.45) is 3.87. The van der Waals surface area contributed by atoms with Gasteiger partial charge in [-0.2, -0.15) is 4.37 Å². The lowest BCUT2D eigenvalue weighted by Gasteiger charge is -2.33. The van der Waals surface area contributed by atoms with Gasteiger partial charge in [-0.1, -0.05) is 42.5 Å². The van der Waals surface area contributed by atoms with Crippen molar-refractivity contribution in [2.45, 2.75) is 25.7 Å². The molecule has 32 heavy (non-hydrogen) atoms. The molecule has 0 bridgehead atoms. The average molecular weight is 451 g/mol. The van der Waals surface area contributed by atoms with Gasteiger partial charge < -0.3 is 14.5 Å². The molecule has 0 radical (unpaired) electrons. The third-order valence-electron chi connectivity index (χ3n) is 5.99. The molecular formula is C25H30N4O2S. The number of amides is 1. The van der Waals surface area contributed by atoms with Gasteiger partial charge in [-0.15, -0.1) is 0 Å². The minimum Gasteiger partial charge on any atom is -0.497 e. The number of nitrogens with zero attached hydrogens (tertiary/aromatic N) is 4. The molecule has 0 saturated carbocycles. The number of hydrogen-bond donors (Lipinski definition) is 0. The molecule has 0 aliphatic carbocycles. The molecule has 2 aromatic carbocycles. The Morgan fingerprint density at radius 1 is 1.12 bits per heavy atom. The van der Waals surface area contributed by atoms with Crippen LogP contribution in [0.4, 0.5) is 5.13 Å². The molecule has 1 aromatic heterocycles. The zero-order chi connectivity index (χ0) is 22.3. The predicted molar refractivity (Wildman–Crippen MR) is 128 cm³/mol. The Kier molecular flexibility index (Phi) is 7.37. The highest BCUT2D eigenvalue weighted by Crippen LogP contribution is 2.23. The van der Waals surface area contributed by atoms with Crippen LogP contribution in [0.25, 0.3) is 0 Å². The molecule has 0 spiro atoms. The van der Waals surface area contributed by atoms with Crippen LogP contribution in [0, 0.1) is 5.92 Å². The number of benzene rings is 2. The van der Waals surface area contributed by atoms with Crippen molar-refractivity contribution < 1.29 is 9.53 Å². The van der Waals surface area contributed by atoms with Crippen LogP contribution in [-0.4, -0.2) is 54.0 Å². The minimum atomic E-state index is 0.162. The smallest absolute Gasteiger partial charge is 0.242 e. The van der Waals surface area contributed by atoms with Gasteiger partial charge in [-0.05, 0) is 48.4 Å². The van der Waals surface area contributed by atoms with Gasteiger partial charge in [0, 0.05) is 38.1 Å². The summed E-state index contributed by atoms with van der Waals surface area (Å²) in [7, 11) is 3.58. The van der Waals surface area contributed by atoms with Crippen molar-refractivity contribution in [2.75, 3.05) is 38.7 Å². The van der Waals surface area contributed by atoms with Crippen molar-refractivity contribution in [2.24, 2.45) is 5.92 Å². The summed E-state index contributed by atoms with van der Waals surface area (Å²) in [5, 5.41) is 0.773. The normalized spacial score (nSPS) is 14.4. The van der Waals surface area contributed by atoms with E-state index in [4.69, 9.17) is 4.74 Å². The first-order valence-electron chi connectivity index (χ1n) is 11.1. The maximum atomic E-state index is 12.8. The van der Waals surface area contributed by atoms with Crippen molar-refractivity contribution in [3.8, 4) is 5.75 Å². The fourth-order valence-electron chi connectivity index (χ4n) is 4.14. The lowest BCUT2D eigenvalue weighted by Crippen LogP contribution is -2.43. The van der Waals surface area contributed by atoms with Crippen LogP contribution in [-0.2, 0) is 17.6 Å². The van der Waals surface area contributed by atoms with Crippen LogP contribution in [0.3, 0.4) is 0 Å². The Bertz CT molecular complexity index is 1020. The van der Waals surface area contributed by atoms with E-state index in [1.165, 1.54) is 17.1 Å². The number of anilines is 1. The highest BCUT2D eigenvalue weighted by molar-refractivity contribution is 7.09. The van der Waals surface area contributed by atoms with E-state index in [2.05, 4.69) is 39.7 Å². The van der Waals surface area contributed by atoms with Crippen LogP contribution in [0.5, 0.6) is 5.75 Å². The highest BCUT2D eigenvalue weighted by Gasteiger charge is 2.24. The Hall–Kier alpha value is -2.93. The molecule has 7 heteroatoms. The minimum absolute atomic E-state index is 0.162. The zero-order valence-corrected chi connectivity index (χ0v) is 19.6. The first-order chi connectivity index (χ1) is 15.6. The maximum Gasteiger partial charge on any atom is 0.242 e.